The van der Waals surface area contributed by atoms with Gasteiger partial charge in [-0.15, -0.1) is 0 Å². The van der Waals surface area contributed by atoms with E-state index in [4.69, 9.17) is 10.2 Å². The molecule has 0 aliphatic carbocycles. The normalized spacial score (nSPS) is 20.2. The minimum absolute atomic E-state index is 0.113. The number of hydrogen-bond donors (Lipinski definition) is 3. The average Bonchev–Trinajstić information content (AvgIpc) is 2.46. The first-order valence-corrected chi connectivity index (χ1v) is 3.99. The maximum absolute atomic E-state index is 9.17. The molecule has 0 saturated heterocycles. The summed E-state index contributed by atoms with van der Waals surface area (Å²) in [4.78, 5) is 0. The van der Waals surface area contributed by atoms with E-state index >= 15 is 0 Å². The lowest BCUT2D eigenvalue weighted by molar-refractivity contribution is 0.277. The van der Waals surface area contributed by atoms with Crippen molar-refractivity contribution < 1.29 is 10.2 Å². The van der Waals surface area contributed by atoms with Gasteiger partial charge in [-0.1, -0.05) is 0 Å². The fourth-order valence-electron chi connectivity index (χ4n) is 1.54. The minimum Gasteiger partial charge on any atom is -0.508 e. The summed E-state index contributed by atoms with van der Waals surface area (Å²) in [6.07, 6.45) is 0.792. The Hall–Kier alpha value is -1.22. The summed E-state index contributed by atoms with van der Waals surface area (Å²) in [5.74, 6) is 0.286. The van der Waals surface area contributed by atoms with Crippen LogP contribution in [0, 0.1) is 0 Å². The average molecular weight is 165 g/mol. The molecule has 2 rings (SSSR count). The lowest BCUT2D eigenvalue weighted by Gasteiger charge is -2.04. The van der Waals surface area contributed by atoms with E-state index in [0.717, 1.165) is 17.7 Å². The van der Waals surface area contributed by atoms with Gasteiger partial charge in [0.15, 0.2) is 0 Å². The van der Waals surface area contributed by atoms with Crippen LogP contribution >= 0.6 is 0 Å². The van der Waals surface area contributed by atoms with E-state index < -0.39 is 0 Å². The van der Waals surface area contributed by atoms with Gasteiger partial charge in [0, 0.05) is 5.69 Å². The monoisotopic (exact) mass is 165 g/mol. The van der Waals surface area contributed by atoms with Crippen molar-refractivity contribution in [2.75, 3.05) is 11.9 Å². The van der Waals surface area contributed by atoms with E-state index in [-0.39, 0.29) is 18.4 Å². The third kappa shape index (κ3) is 1.12. The fourth-order valence-corrected chi connectivity index (χ4v) is 1.54. The molecule has 0 aromatic heterocycles. The number of aliphatic hydroxyl groups is 1. The van der Waals surface area contributed by atoms with Crippen LogP contribution in [-0.4, -0.2) is 22.9 Å². The first-order valence-electron chi connectivity index (χ1n) is 3.99. The van der Waals surface area contributed by atoms with Crippen LogP contribution in [0.3, 0.4) is 0 Å². The smallest absolute Gasteiger partial charge is 0.116 e. The zero-order valence-electron chi connectivity index (χ0n) is 6.62. The lowest BCUT2D eigenvalue weighted by Crippen LogP contribution is -2.19. The van der Waals surface area contributed by atoms with Gasteiger partial charge < -0.3 is 15.5 Å². The Kier molecular flexibility index (Phi) is 1.66. The van der Waals surface area contributed by atoms with E-state index in [0.29, 0.717) is 0 Å². The first kappa shape index (κ1) is 7.43. The van der Waals surface area contributed by atoms with Crippen LogP contribution < -0.4 is 5.32 Å². The van der Waals surface area contributed by atoms with Crippen LogP contribution in [0.25, 0.3) is 0 Å². The van der Waals surface area contributed by atoms with E-state index in [1.165, 1.54) is 0 Å². The van der Waals surface area contributed by atoms with Crippen LogP contribution in [0.2, 0.25) is 0 Å². The molecule has 0 fully saturated rings. The molecule has 3 nitrogen and oxygen atoms in total. The van der Waals surface area contributed by atoms with Crippen molar-refractivity contribution in [2.24, 2.45) is 0 Å². The van der Waals surface area contributed by atoms with E-state index in [1.807, 2.05) is 6.07 Å². The van der Waals surface area contributed by atoms with Crippen LogP contribution in [0.5, 0.6) is 5.75 Å². The van der Waals surface area contributed by atoms with Gasteiger partial charge >= 0.3 is 0 Å². The molecule has 1 aromatic rings. The molecule has 0 amide bonds. The Morgan fingerprint density at radius 1 is 1.50 bits per heavy atom. The summed E-state index contributed by atoms with van der Waals surface area (Å²) in [5.41, 5.74) is 2.10. The summed E-state index contributed by atoms with van der Waals surface area (Å²) in [7, 11) is 0. The molecule has 1 atom stereocenters. The van der Waals surface area contributed by atoms with Crippen LogP contribution in [0.4, 0.5) is 5.69 Å². The Bertz CT molecular complexity index is 299. The van der Waals surface area contributed by atoms with E-state index in [9.17, 15) is 0 Å². The van der Waals surface area contributed by atoms with Crippen molar-refractivity contribution in [3.05, 3.63) is 23.8 Å². The first-order chi connectivity index (χ1) is 5.79. The van der Waals surface area contributed by atoms with Crippen LogP contribution in [0.1, 0.15) is 5.56 Å². The molecule has 0 bridgehead atoms. The van der Waals surface area contributed by atoms with Gasteiger partial charge in [0.25, 0.3) is 0 Å². The largest absolute Gasteiger partial charge is 0.508 e. The number of hydrogen-bond acceptors (Lipinski definition) is 3. The number of benzene rings is 1. The maximum atomic E-state index is 9.17. The second kappa shape index (κ2) is 2.68. The van der Waals surface area contributed by atoms with E-state index in [1.54, 1.807) is 12.1 Å². The summed E-state index contributed by atoms with van der Waals surface area (Å²) in [5, 5.41) is 21.2. The summed E-state index contributed by atoms with van der Waals surface area (Å²) in [6.45, 7) is 0.134. The Morgan fingerprint density at radius 2 is 2.33 bits per heavy atom. The van der Waals surface area contributed by atoms with Crippen LogP contribution in [-0.2, 0) is 6.42 Å². The fraction of sp³-hybridized carbons (Fsp3) is 0.333. The molecule has 0 radical (unpaired) electrons. The number of aliphatic hydroxyl groups excluding tert-OH is 1. The highest BCUT2D eigenvalue weighted by Crippen LogP contribution is 2.28. The molecular formula is C9H11NO2. The zero-order chi connectivity index (χ0) is 8.55. The van der Waals surface area contributed by atoms with Crippen molar-refractivity contribution in [3.63, 3.8) is 0 Å². The standard InChI is InChI=1S/C9H11NO2/c11-5-7-3-6-4-8(12)1-2-9(6)10-7/h1-2,4,7,10-12H,3,5H2. The number of phenols is 1. The SMILES string of the molecule is OCC1Cc2cc(O)ccc2N1. The molecule has 1 aliphatic heterocycles. The lowest BCUT2D eigenvalue weighted by atomic mass is 10.1. The molecule has 1 unspecified atom stereocenters. The third-order valence-electron chi connectivity index (χ3n) is 2.14. The highest BCUT2D eigenvalue weighted by Gasteiger charge is 2.19. The Balaban J connectivity index is 2.30. The van der Waals surface area contributed by atoms with Crippen molar-refractivity contribution >= 4 is 5.69 Å². The molecule has 1 heterocycles. The topological polar surface area (TPSA) is 52.5 Å². The summed E-state index contributed by atoms with van der Waals surface area (Å²) in [6, 6.07) is 5.32. The Labute approximate surface area is 70.7 Å². The summed E-state index contributed by atoms with van der Waals surface area (Å²) < 4.78 is 0. The van der Waals surface area contributed by atoms with Gasteiger partial charge in [-0.25, -0.2) is 0 Å². The maximum Gasteiger partial charge on any atom is 0.116 e. The number of nitrogens with one attached hydrogen (secondary N) is 1. The number of fused-ring (bicyclic) bond motifs is 1. The van der Waals surface area contributed by atoms with Gasteiger partial charge in [0.05, 0.1) is 12.6 Å². The van der Waals surface area contributed by atoms with Crippen LogP contribution in [0.15, 0.2) is 18.2 Å². The number of aromatic hydroxyl groups is 1. The molecule has 3 heteroatoms. The van der Waals surface area contributed by atoms with E-state index in [2.05, 4.69) is 5.32 Å². The molecule has 64 valence electrons. The highest BCUT2D eigenvalue weighted by molar-refractivity contribution is 5.58. The quantitative estimate of drug-likeness (QED) is 0.537. The van der Waals surface area contributed by atoms with Crippen molar-refractivity contribution in [3.8, 4) is 5.75 Å². The second-order valence-corrected chi connectivity index (χ2v) is 3.07. The second-order valence-electron chi connectivity index (χ2n) is 3.07. The van der Waals surface area contributed by atoms with Crippen molar-refractivity contribution in [1.29, 1.82) is 0 Å². The molecule has 0 spiro atoms. The van der Waals surface area contributed by atoms with Gasteiger partial charge in [0.1, 0.15) is 5.75 Å². The molecular weight excluding hydrogens is 154 g/mol. The Morgan fingerprint density at radius 3 is 3.08 bits per heavy atom. The number of anilines is 1. The predicted octanol–water partition coefficient (Wildman–Crippen LogP) is 0.721. The molecule has 1 aromatic carbocycles. The van der Waals surface area contributed by atoms with Gasteiger partial charge in [-0.3, -0.25) is 0 Å². The molecule has 1 aliphatic rings. The molecule has 3 N–H and O–H groups in total. The van der Waals surface area contributed by atoms with Gasteiger partial charge in [-0.05, 0) is 30.2 Å². The van der Waals surface area contributed by atoms with Crippen molar-refractivity contribution in [2.45, 2.75) is 12.5 Å². The summed E-state index contributed by atoms with van der Waals surface area (Å²) >= 11 is 0. The van der Waals surface area contributed by atoms with Gasteiger partial charge in [-0.2, -0.15) is 0 Å². The number of rotatable bonds is 1. The van der Waals surface area contributed by atoms with Crippen molar-refractivity contribution in [1.82, 2.24) is 0 Å². The molecule has 0 saturated carbocycles. The number of phenolic OH excluding ortho intramolecular Hbond substituents is 1. The molecule has 12 heavy (non-hydrogen) atoms. The van der Waals surface area contributed by atoms with Gasteiger partial charge in [0.2, 0.25) is 0 Å². The predicted molar refractivity (Wildman–Crippen MR) is 46.3 cm³/mol. The highest BCUT2D eigenvalue weighted by atomic mass is 16.3. The minimum atomic E-state index is 0.113. The zero-order valence-corrected chi connectivity index (χ0v) is 6.62. The third-order valence-corrected chi connectivity index (χ3v) is 2.14.